The number of hydrogen-bond acceptors (Lipinski definition) is 5. The number of hydrogen-bond donors (Lipinski definition) is 0. The fourth-order valence-electron chi connectivity index (χ4n) is 2.94. The van der Waals surface area contributed by atoms with Crippen molar-refractivity contribution in [3.05, 3.63) is 30.1 Å². The quantitative estimate of drug-likeness (QED) is 0.658. The molecular formula is C19H27FN2O4. The molecule has 1 aliphatic heterocycles. The highest BCUT2D eigenvalue weighted by molar-refractivity contribution is 5.78. The zero-order valence-electron chi connectivity index (χ0n) is 15.4. The van der Waals surface area contributed by atoms with Crippen molar-refractivity contribution in [3.63, 3.8) is 0 Å². The van der Waals surface area contributed by atoms with Gasteiger partial charge in [-0.15, -0.1) is 0 Å². The first kappa shape index (κ1) is 20.2. The Kier molecular flexibility index (Phi) is 7.84. The van der Waals surface area contributed by atoms with Crippen LogP contribution in [0.2, 0.25) is 0 Å². The van der Waals surface area contributed by atoms with E-state index in [-0.39, 0.29) is 36.7 Å². The standard InChI is InChI=1S/C19H27FN2O4/c1-3-25-19(24)15-7-6-10-22(13-15)14-18(23)21(2)11-12-26-17-9-5-4-8-16(17)20/h4-5,8-9,15H,3,6-7,10-14H2,1-2H3. The summed E-state index contributed by atoms with van der Waals surface area (Å²) in [5.74, 6) is -0.629. The molecule has 0 bridgehead atoms. The third-order valence-electron chi connectivity index (χ3n) is 4.43. The van der Waals surface area contributed by atoms with E-state index in [4.69, 9.17) is 9.47 Å². The van der Waals surface area contributed by atoms with Crippen LogP contribution in [0.25, 0.3) is 0 Å². The van der Waals surface area contributed by atoms with E-state index in [1.54, 1.807) is 37.1 Å². The lowest BCUT2D eigenvalue weighted by Crippen LogP contribution is -2.45. The third-order valence-corrected chi connectivity index (χ3v) is 4.43. The minimum absolute atomic E-state index is 0.0494. The molecule has 1 aromatic rings. The average molecular weight is 366 g/mol. The summed E-state index contributed by atoms with van der Waals surface area (Å²) in [6.45, 7) is 4.34. The Labute approximate surface area is 153 Å². The van der Waals surface area contributed by atoms with Gasteiger partial charge in [0.25, 0.3) is 0 Å². The molecule has 1 fully saturated rings. The topological polar surface area (TPSA) is 59.1 Å². The lowest BCUT2D eigenvalue weighted by Gasteiger charge is -2.32. The predicted molar refractivity (Wildman–Crippen MR) is 95.3 cm³/mol. The van der Waals surface area contributed by atoms with Crippen molar-refractivity contribution in [1.82, 2.24) is 9.80 Å². The van der Waals surface area contributed by atoms with Crippen molar-refractivity contribution in [2.24, 2.45) is 5.92 Å². The number of esters is 1. The Balaban J connectivity index is 1.74. The molecule has 0 spiro atoms. The van der Waals surface area contributed by atoms with Crippen molar-refractivity contribution in [1.29, 1.82) is 0 Å². The molecule has 7 heteroatoms. The number of likely N-dealkylation sites (N-methyl/N-ethyl adjacent to an activating group) is 1. The number of carbonyl (C=O) groups excluding carboxylic acids is 2. The predicted octanol–water partition coefficient (Wildman–Crippen LogP) is 1.94. The van der Waals surface area contributed by atoms with E-state index in [1.807, 2.05) is 4.90 Å². The van der Waals surface area contributed by atoms with Gasteiger partial charge in [0, 0.05) is 13.6 Å². The highest BCUT2D eigenvalue weighted by Gasteiger charge is 2.28. The van der Waals surface area contributed by atoms with Crippen LogP contribution >= 0.6 is 0 Å². The fourth-order valence-corrected chi connectivity index (χ4v) is 2.94. The fraction of sp³-hybridized carbons (Fsp3) is 0.579. The van der Waals surface area contributed by atoms with Gasteiger partial charge in [0.15, 0.2) is 11.6 Å². The zero-order chi connectivity index (χ0) is 18.9. The maximum Gasteiger partial charge on any atom is 0.310 e. The van der Waals surface area contributed by atoms with E-state index in [9.17, 15) is 14.0 Å². The van der Waals surface area contributed by atoms with Crippen LogP contribution in [0, 0.1) is 11.7 Å². The summed E-state index contributed by atoms with van der Waals surface area (Å²) in [6, 6.07) is 6.19. The SMILES string of the molecule is CCOC(=O)C1CCCN(CC(=O)N(C)CCOc2ccccc2F)C1. The average Bonchev–Trinajstić information content (AvgIpc) is 2.63. The Morgan fingerprint density at radius 1 is 1.35 bits per heavy atom. The van der Waals surface area contributed by atoms with Crippen LogP contribution in [0.4, 0.5) is 4.39 Å². The number of rotatable bonds is 8. The van der Waals surface area contributed by atoms with Crippen molar-refractivity contribution in [2.45, 2.75) is 19.8 Å². The van der Waals surface area contributed by atoms with E-state index in [1.165, 1.54) is 6.07 Å². The third kappa shape index (κ3) is 5.98. The number of nitrogens with zero attached hydrogens (tertiary/aromatic N) is 2. The minimum atomic E-state index is -0.417. The monoisotopic (exact) mass is 366 g/mol. The molecule has 0 N–H and O–H groups in total. The lowest BCUT2D eigenvalue weighted by molar-refractivity contribution is -0.150. The molecule has 26 heavy (non-hydrogen) atoms. The molecule has 0 aromatic heterocycles. The van der Waals surface area contributed by atoms with E-state index in [2.05, 4.69) is 0 Å². The van der Waals surface area contributed by atoms with Gasteiger partial charge >= 0.3 is 5.97 Å². The molecular weight excluding hydrogens is 339 g/mol. The summed E-state index contributed by atoms with van der Waals surface area (Å²) in [6.07, 6.45) is 1.67. The summed E-state index contributed by atoms with van der Waals surface area (Å²) in [5.41, 5.74) is 0. The normalized spacial score (nSPS) is 17.6. The number of halogens is 1. The van der Waals surface area contributed by atoms with Crippen molar-refractivity contribution < 1.29 is 23.5 Å². The maximum atomic E-state index is 13.5. The second-order valence-electron chi connectivity index (χ2n) is 6.42. The van der Waals surface area contributed by atoms with Gasteiger partial charge in [0.05, 0.1) is 25.6 Å². The van der Waals surface area contributed by atoms with E-state index >= 15 is 0 Å². The first-order valence-corrected chi connectivity index (χ1v) is 9.01. The van der Waals surface area contributed by atoms with Gasteiger partial charge in [-0.1, -0.05) is 12.1 Å². The van der Waals surface area contributed by atoms with Crippen LogP contribution in [0.5, 0.6) is 5.75 Å². The molecule has 0 saturated carbocycles. The number of ether oxygens (including phenoxy) is 2. The van der Waals surface area contributed by atoms with Crippen molar-refractivity contribution in [2.75, 3.05) is 46.4 Å². The first-order chi connectivity index (χ1) is 12.5. The van der Waals surface area contributed by atoms with Crippen molar-refractivity contribution >= 4 is 11.9 Å². The molecule has 0 radical (unpaired) electrons. The Hall–Kier alpha value is -2.15. The zero-order valence-corrected chi connectivity index (χ0v) is 15.4. The van der Waals surface area contributed by atoms with Gasteiger partial charge in [-0.2, -0.15) is 0 Å². The molecule has 1 unspecified atom stereocenters. The summed E-state index contributed by atoms with van der Waals surface area (Å²) >= 11 is 0. The molecule has 6 nitrogen and oxygen atoms in total. The maximum absolute atomic E-state index is 13.5. The second kappa shape index (κ2) is 10.1. The number of piperidine rings is 1. The largest absolute Gasteiger partial charge is 0.489 e. The van der Waals surface area contributed by atoms with E-state index < -0.39 is 5.82 Å². The van der Waals surface area contributed by atoms with E-state index in [0.29, 0.717) is 19.7 Å². The van der Waals surface area contributed by atoms with Crippen molar-refractivity contribution in [3.8, 4) is 5.75 Å². The van der Waals surface area contributed by atoms with Crippen LogP contribution < -0.4 is 4.74 Å². The molecule has 1 saturated heterocycles. The summed E-state index contributed by atoms with van der Waals surface area (Å²) in [7, 11) is 1.69. The van der Waals surface area contributed by atoms with Crippen LogP contribution in [0.1, 0.15) is 19.8 Å². The highest BCUT2D eigenvalue weighted by Crippen LogP contribution is 2.18. The summed E-state index contributed by atoms with van der Waals surface area (Å²) in [4.78, 5) is 27.8. The van der Waals surface area contributed by atoms with Gasteiger partial charge < -0.3 is 14.4 Å². The van der Waals surface area contributed by atoms with E-state index in [0.717, 1.165) is 19.4 Å². The summed E-state index contributed by atoms with van der Waals surface area (Å²) < 4.78 is 23.9. The molecule has 1 heterocycles. The van der Waals surface area contributed by atoms with Gasteiger partial charge in [-0.25, -0.2) is 4.39 Å². The molecule has 144 valence electrons. The molecule has 1 aliphatic rings. The lowest BCUT2D eigenvalue weighted by atomic mass is 9.98. The summed E-state index contributed by atoms with van der Waals surface area (Å²) in [5, 5.41) is 0. The second-order valence-corrected chi connectivity index (χ2v) is 6.42. The number of para-hydroxylation sites is 1. The van der Waals surface area contributed by atoms with Gasteiger partial charge in [0.1, 0.15) is 6.61 Å². The Morgan fingerprint density at radius 2 is 2.12 bits per heavy atom. The number of likely N-dealkylation sites (tertiary alicyclic amines) is 1. The van der Waals surface area contributed by atoms with Crippen LogP contribution in [0.3, 0.4) is 0 Å². The minimum Gasteiger partial charge on any atom is -0.489 e. The first-order valence-electron chi connectivity index (χ1n) is 9.01. The Morgan fingerprint density at radius 3 is 2.85 bits per heavy atom. The number of carbonyl (C=O) groups is 2. The molecule has 1 amide bonds. The van der Waals surface area contributed by atoms with Gasteiger partial charge in [0.2, 0.25) is 5.91 Å². The Bertz CT molecular complexity index is 611. The smallest absolute Gasteiger partial charge is 0.310 e. The van der Waals surface area contributed by atoms with Gasteiger partial charge in [-0.3, -0.25) is 14.5 Å². The molecule has 1 atom stereocenters. The highest BCUT2D eigenvalue weighted by atomic mass is 19.1. The number of benzene rings is 1. The van der Waals surface area contributed by atoms with Crippen LogP contribution in [-0.4, -0.2) is 68.1 Å². The van der Waals surface area contributed by atoms with Gasteiger partial charge in [-0.05, 0) is 38.4 Å². The molecule has 1 aromatic carbocycles. The van der Waals surface area contributed by atoms with Crippen LogP contribution in [-0.2, 0) is 14.3 Å². The number of amides is 1. The molecule has 2 rings (SSSR count). The molecule has 0 aliphatic carbocycles. The van der Waals surface area contributed by atoms with Crippen LogP contribution in [0.15, 0.2) is 24.3 Å².